The van der Waals surface area contributed by atoms with Crippen LogP contribution in [0.2, 0.25) is 0 Å². The van der Waals surface area contributed by atoms with Crippen LogP contribution in [0.25, 0.3) is 0 Å². The summed E-state index contributed by atoms with van der Waals surface area (Å²) >= 11 is 5.74. The monoisotopic (exact) mass is 250 g/mol. The number of thioether (sulfide) groups is 1. The SMILES string of the molecule is CC(C)SCCC1(CBr)CCC1. The predicted molar refractivity (Wildman–Crippen MR) is 62.3 cm³/mol. The molecule has 1 fully saturated rings. The van der Waals surface area contributed by atoms with Crippen molar-refractivity contribution in [2.75, 3.05) is 11.1 Å². The van der Waals surface area contributed by atoms with Crippen LogP contribution in [0.15, 0.2) is 0 Å². The van der Waals surface area contributed by atoms with Crippen LogP contribution in [0.3, 0.4) is 0 Å². The second-order valence-electron chi connectivity index (χ2n) is 4.16. The van der Waals surface area contributed by atoms with Crippen LogP contribution in [0.1, 0.15) is 39.5 Å². The van der Waals surface area contributed by atoms with E-state index in [1.807, 2.05) is 0 Å². The van der Waals surface area contributed by atoms with Crippen LogP contribution in [0.4, 0.5) is 0 Å². The average Bonchev–Trinajstić information content (AvgIpc) is 1.94. The minimum atomic E-state index is 0.696. The smallest absolute Gasteiger partial charge is 0.00882 e. The molecule has 0 aromatic rings. The quantitative estimate of drug-likeness (QED) is 0.663. The molecule has 0 aromatic heterocycles. The van der Waals surface area contributed by atoms with Crippen LogP contribution in [0.5, 0.6) is 0 Å². The van der Waals surface area contributed by atoms with Gasteiger partial charge in [-0.2, -0.15) is 11.8 Å². The molecule has 0 amide bonds. The van der Waals surface area contributed by atoms with Crippen molar-refractivity contribution in [3.8, 4) is 0 Å². The van der Waals surface area contributed by atoms with Crippen molar-refractivity contribution < 1.29 is 0 Å². The first-order valence-corrected chi connectivity index (χ1v) is 7.03. The summed E-state index contributed by atoms with van der Waals surface area (Å²) < 4.78 is 0. The maximum Gasteiger partial charge on any atom is 0.00882 e. The van der Waals surface area contributed by atoms with Crippen molar-refractivity contribution in [2.45, 2.75) is 44.8 Å². The lowest BCUT2D eigenvalue weighted by Crippen LogP contribution is -2.31. The molecular weight excluding hydrogens is 232 g/mol. The Kier molecular flexibility index (Phi) is 4.45. The normalized spacial score (nSPS) is 21.0. The second-order valence-corrected chi connectivity index (χ2v) is 6.40. The molecule has 1 rings (SSSR count). The van der Waals surface area contributed by atoms with E-state index >= 15 is 0 Å². The third-order valence-corrected chi connectivity index (χ3v) is 5.08. The fourth-order valence-electron chi connectivity index (χ4n) is 1.64. The van der Waals surface area contributed by atoms with Crippen molar-refractivity contribution in [3.63, 3.8) is 0 Å². The van der Waals surface area contributed by atoms with Gasteiger partial charge in [0, 0.05) is 5.33 Å². The largest absolute Gasteiger partial charge is 0.159 e. The lowest BCUT2D eigenvalue weighted by Gasteiger charge is -2.40. The number of hydrogen-bond donors (Lipinski definition) is 0. The van der Waals surface area contributed by atoms with Crippen LogP contribution in [-0.2, 0) is 0 Å². The van der Waals surface area contributed by atoms with Gasteiger partial charge in [-0.05, 0) is 35.7 Å². The van der Waals surface area contributed by atoms with Gasteiger partial charge >= 0.3 is 0 Å². The second kappa shape index (κ2) is 4.90. The van der Waals surface area contributed by atoms with Gasteiger partial charge in [0.1, 0.15) is 0 Å². The molecule has 0 atom stereocenters. The summed E-state index contributed by atoms with van der Waals surface area (Å²) in [6.07, 6.45) is 5.78. The summed E-state index contributed by atoms with van der Waals surface area (Å²) in [6, 6.07) is 0. The van der Waals surface area contributed by atoms with Crippen LogP contribution in [0, 0.1) is 5.41 Å². The Morgan fingerprint density at radius 3 is 2.42 bits per heavy atom. The standard InChI is InChI=1S/C10H19BrS/c1-9(2)12-7-6-10(8-11)4-3-5-10/h9H,3-8H2,1-2H3. The first-order chi connectivity index (χ1) is 5.68. The maximum absolute atomic E-state index is 3.64. The van der Waals surface area contributed by atoms with E-state index in [0.29, 0.717) is 5.41 Å². The molecule has 0 saturated heterocycles. The van der Waals surface area contributed by atoms with Crippen LogP contribution >= 0.6 is 27.7 Å². The Labute approximate surface area is 89.0 Å². The number of alkyl halides is 1. The molecule has 1 saturated carbocycles. The Balaban J connectivity index is 2.12. The van der Waals surface area contributed by atoms with E-state index in [4.69, 9.17) is 0 Å². The molecule has 0 unspecified atom stereocenters. The van der Waals surface area contributed by atoms with E-state index in [0.717, 1.165) is 5.25 Å². The topological polar surface area (TPSA) is 0 Å². The lowest BCUT2D eigenvalue weighted by atomic mass is 9.69. The third-order valence-electron chi connectivity index (χ3n) is 2.78. The fourth-order valence-corrected chi connectivity index (χ4v) is 3.50. The van der Waals surface area contributed by atoms with Gasteiger partial charge in [-0.3, -0.25) is 0 Å². The molecule has 0 heterocycles. The van der Waals surface area contributed by atoms with E-state index in [1.165, 1.54) is 36.8 Å². The molecule has 2 heteroatoms. The van der Waals surface area contributed by atoms with Gasteiger partial charge in [-0.15, -0.1) is 0 Å². The summed E-state index contributed by atoms with van der Waals surface area (Å²) in [5.74, 6) is 1.35. The lowest BCUT2D eigenvalue weighted by molar-refractivity contribution is 0.165. The van der Waals surface area contributed by atoms with Gasteiger partial charge < -0.3 is 0 Å². The number of halogens is 1. The average molecular weight is 251 g/mol. The van der Waals surface area contributed by atoms with Gasteiger partial charge in [0.15, 0.2) is 0 Å². The third kappa shape index (κ3) is 2.95. The van der Waals surface area contributed by atoms with Crippen LogP contribution < -0.4 is 0 Å². The van der Waals surface area contributed by atoms with Gasteiger partial charge in [0.25, 0.3) is 0 Å². The van der Waals surface area contributed by atoms with Crippen LogP contribution in [-0.4, -0.2) is 16.3 Å². The molecule has 12 heavy (non-hydrogen) atoms. The van der Waals surface area contributed by atoms with Crippen molar-refractivity contribution >= 4 is 27.7 Å². The van der Waals surface area contributed by atoms with E-state index in [2.05, 4.69) is 41.5 Å². The van der Waals surface area contributed by atoms with Gasteiger partial charge in [0.2, 0.25) is 0 Å². The highest BCUT2D eigenvalue weighted by Crippen LogP contribution is 2.45. The van der Waals surface area contributed by atoms with Gasteiger partial charge in [-0.25, -0.2) is 0 Å². The Bertz CT molecular complexity index is 124. The minimum absolute atomic E-state index is 0.696. The molecule has 72 valence electrons. The highest BCUT2D eigenvalue weighted by atomic mass is 79.9. The Morgan fingerprint density at radius 1 is 1.42 bits per heavy atom. The van der Waals surface area contributed by atoms with E-state index in [9.17, 15) is 0 Å². The predicted octanol–water partition coefficient (Wildman–Crippen LogP) is 4.08. The number of hydrogen-bond acceptors (Lipinski definition) is 1. The van der Waals surface area contributed by atoms with Crippen molar-refractivity contribution in [1.82, 2.24) is 0 Å². The fraction of sp³-hybridized carbons (Fsp3) is 1.00. The molecule has 0 aromatic carbocycles. The van der Waals surface area contributed by atoms with E-state index < -0.39 is 0 Å². The van der Waals surface area contributed by atoms with Gasteiger partial charge in [-0.1, -0.05) is 36.2 Å². The zero-order chi connectivity index (χ0) is 9.03. The highest BCUT2D eigenvalue weighted by Gasteiger charge is 2.34. The summed E-state index contributed by atoms with van der Waals surface area (Å²) in [6.45, 7) is 4.57. The Hall–Kier alpha value is 0.830. The molecule has 0 bridgehead atoms. The molecule has 0 aliphatic heterocycles. The summed E-state index contributed by atoms with van der Waals surface area (Å²) in [7, 11) is 0. The summed E-state index contributed by atoms with van der Waals surface area (Å²) in [5.41, 5.74) is 0.696. The first kappa shape index (κ1) is 10.9. The zero-order valence-corrected chi connectivity index (χ0v) is 10.5. The maximum atomic E-state index is 3.64. The molecule has 1 aliphatic rings. The first-order valence-electron chi connectivity index (χ1n) is 4.86. The zero-order valence-electron chi connectivity index (χ0n) is 8.11. The summed E-state index contributed by atoms with van der Waals surface area (Å²) in [4.78, 5) is 0. The van der Waals surface area contributed by atoms with E-state index in [1.54, 1.807) is 0 Å². The molecule has 0 N–H and O–H groups in total. The van der Waals surface area contributed by atoms with Crippen molar-refractivity contribution in [2.24, 2.45) is 5.41 Å². The van der Waals surface area contributed by atoms with Crippen molar-refractivity contribution in [3.05, 3.63) is 0 Å². The molecular formula is C10H19BrS. The molecule has 0 radical (unpaired) electrons. The molecule has 0 nitrogen and oxygen atoms in total. The Morgan fingerprint density at radius 2 is 2.08 bits per heavy atom. The molecule has 1 aliphatic carbocycles. The van der Waals surface area contributed by atoms with Gasteiger partial charge in [0.05, 0.1) is 0 Å². The summed E-state index contributed by atoms with van der Waals surface area (Å²) in [5, 5.41) is 2.02. The molecule has 0 spiro atoms. The van der Waals surface area contributed by atoms with E-state index in [-0.39, 0.29) is 0 Å². The highest BCUT2D eigenvalue weighted by molar-refractivity contribution is 9.09. The van der Waals surface area contributed by atoms with Crippen molar-refractivity contribution in [1.29, 1.82) is 0 Å². The minimum Gasteiger partial charge on any atom is -0.159 e. The number of rotatable bonds is 5.